The second-order valence-electron chi connectivity index (χ2n) is 7.92. The van der Waals surface area contributed by atoms with Crippen LogP contribution >= 0.6 is 11.3 Å². The molecule has 4 aromatic rings. The summed E-state index contributed by atoms with van der Waals surface area (Å²) in [6.45, 7) is 1.57. The van der Waals surface area contributed by atoms with Gasteiger partial charge < -0.3 is 10.2 Å². The van der Waals surface area contributed by atoms with Gasteiger partial charge in [0.2, 0.25) is 0 Å². The molecule has 1 saturated heterocycles. The molecule has 0 radical (unpaired) electrons. The molecule has 5 rings (SSSR count). The van der Waals surface area contributed by atoms with E-state index in [0.29, 0.717) is 10.8 Å². The van der Waals surface area contributed by atoms with Crippen LogP contribution in [0, 0.1) is 11.2 Å². The first-order valence-electron chi connectivity index (χ1n) is 10.6. The summed E-state index contributed by atoms with van der Waals surface area (Å²) >= 11 is 1.24. The molecular formula is C22H20BN7O2S. The van der Waals surface area contributed by atoms with Crippen LogP contribution < -0.4 is 15.9 Å². The van der Waals surface area contributed by atoms with Crippen molar-refractivity contribution in [3.05, 3.63) is 64.3 Å². The molecule has 0 saturated carbocycles. The summed E-state index contributed by atoms with van der Waals surface area (Å²) < 4.78 is 3.08. The van der Waals surface area contributed by atoms with Crippen LogP contribution in [0.4, 0.5) is 11.4 Å². The third kappa shape index (κ3) is 3.78. The van der Waals surface area contributed by atoms with Crippen LogP contribution in [0.15, 0.2) is 52.9 Å². The Morgan fingerprint density at radius 3 is 2.73 bits per heavy atom. The predicted molar refractivity (Wildman–Crippen MR) is 130 cm³/mol. The quantitative estimate of drug-likeness (QED) is 0.472. The van der Waals surface area contributed by atoms with Gasteiger partial charge in [-0.25, -0.2) is 19.6 Å². The van der Waals surface area contributed by atoms with E-state index in [4.69, 9.17) is 5.26 Å². The van der Waals surface area contributed by atoms with Crippen molar-refractivity contribution in [3.63, 3.8) is 0 Å². The smallest absolute Gasteiger partial charge is 0.335 e. The number of hydrogen-bond acceptors (Lipinski definition) is 7. The van der Waals surface area contributed by atoms with Crippen LogP contribution in [0.25, 0.3) is 16.2 Å². The van der Waals surface area contributed by atoms with E-state index in [2.05, 4.69) is 26.2 Å². The Balaban J connectivity index is 1.40. The van der Waals surface area contributed by atoms with E-state index in [9.17, 15) is 9.59 Å². The van der Waals surface area contributed by atoms with E-state index in [1.807, 2.05) is 30.3 Å². The number of hydrogen-bond donors (Lipinski definition) is 1. The molecular weight excluding hydrogens is 437 g/mol. The first kappa shape index (κ1) is 21.0. The molecule has 1 fully saturated rings. The Kier molecular flexibility index (Phi) is 5.44. The molecule has 0 atom stereocenters. The van der Waals surface area contributed by atoms with Gasteiger partial charge in [-0.1, -0.05) is 12.1 Å². The standard InChI is InChI=1S/C22H20BN7O2S/c1-28-18-4-2-3-5-19(18)30(22(28)32)21-27-16(13-33-21)20(31)26-15-12-25-9-6-17(15)29-10-7-23(14-24)8-11-29/h2-6,9,12-13H,7-8,10-11H2,1H3,(H,26,31). The molecule has 33 heavy (non-hydrogen) atoms. The van der Waals surface area contributed by atoms with E-state index < -0.39 is 0 Å². The number of nitrogens with one attached hydrogen (secondary N) is 1. The minimum Gasteiger partial charge on any atom is -0.371 e. The first-order valence-corrected chi connectivity index (χ1v) is 11.5. The Morgan fingerprint density at radius 1 is 1.21 bits per heavy atom. The molecule has 0 bridgehead atoms. The van der Waals surface area contributed by atoms with E-state index in [1.54, 1.807) is 29.4 Å². The van der Waals surface area contributed by atoms with Crippen molar-refractivity contribution in [2.75, 3.05) is 23.3 Å². The fourth-order valence-electron chi connectivity index (χ4n) is 4.14. The average molecular weight is 457 g/mol. The third-order valence-electron chi connectivity index (χ3n) is 5.94. The van der Waals surface area contributed by atoms with Crippen LogP contribution in [0.3, 0.4) is 0 Å². The van der Waals surface area contributed by atoms with E-state index in [-0.39, 0.29) is 24.0 Å². The maximum absolute atomic E-state index is 13.0. The average Bonchev–Trinajstić information content (AvgIpc) is 3.43. The Hall–Kier alpha value is -3.91. The number of para-hydroxylation sites is 2. The van der Waals surface area contributed by atoms with Gasteiger partial charge in [0.1, 0.15) is 5.69 Å². The van der Waals surface area contributed by atoms with Gasteiger partial charge in [0.05, 0.1) is 28.6 Å². The lowest BCUT2D eigenvalue weighted by Gasteiger charge is -2.31. The number of benzene rings is 1. The van der Waals surface area contributed by atoms with Gasteiger partial charge in [0.15, 0.2) is 5.13 Å². The molecule has 164 valence electrons. The molecule has 1 amide bonds. The van der Waals surface area contributed by atoms with E-state index >= 15 is 0 Å². The fraction of sp³-hybridized carbons (Fsp3) is 0.227. The summed E-state index contributed by atoms with van der Waals surface area (Å²) in [5.74, 6) is 1.97. The van der Waals surface area contributed by atoms with Crippen LogP contribution in [0.1, 0.15) is 10.5 Å². The van der Waals surface area contributed by atoms with Crippen molar-refractivity contribution >= 4 is 46.4 Å². The summed E-state index contributed by atoms with van der Waals surface area (Å²) in [7, 11) is 1.71. The SMILES string of the molecule is Cn1c(=O)n(-c2nc(C(=O)Nc3cnccc3N3CCB(C#N)CC3)cs2)c2ccccc21. The van der Waals surface area contributed by atoms with Gasteiger partial charge in [0.25, 0.3) is 12.6 Å². The molecule has 9 nitrogen and oxygen atoms in total. The van der Waals surface area contributed by atoms with Crippen LogP contribution in [-0.2, 0) is 7.05 Å². The highest BCUT2D eigenvalue weighted by atomic mass is 32.1. The Morgan fingerprint density at radius 2 is 1.97 bits per heavy atom. The first-order chi connectivity index (χ1) is 16.1. The molecule has 0 aliphatic carbocycles. The van der Waals surface area contributed by atoms with Gasteiger partial charge in [0, 0.05) is 37.7 Å². The molecule has 0 spiro atoms. The summed E-state index contributed by atoms with van der Waals surface area (Å²) in [6, 6.07) is 9.33. The molecule has 1 aliphatic heterocycles. The summed E-state index contributed by atoms with van der Waals surface area (Å²) in [6.07, 6.45) is 4.89. The number of rotatable bonds is 4. The number of imidazole rings is 1. The minimum absolute atomic E-state index is 0.0760. The number of aromatic nitrogens is 4. The van der Waals surface area contributed by atoms with Crippen molar-refractivity contribution in [2.24, 2.45) is 7.05 Å². The Labute approximate surface area is 194 Å². The number of carbonyl (C=O) groups is 1. The number of anilines is 2. The topological polar surface area (TPSA) is 109 Å². The second-order valence-corrected chi connectivity index (χ2v) is 8.75. The van der Waals surface area contributed by atoms with Crippen molar-refractivity contribution in [3.8, 4) is 11.1 Å². The monoisotopic (exact) mass is 457 g/mol. The maximum atomic E-state index is 13.0. The van der Waals surface area contributed by atoms with Crippen LogP contribution in [-0.4, -0.2) is 44.8 Å². The maximum Gasteiger partial charge on any atom is 0.335 e. The van der Waals surface area contributed by atoms with Crippen molar-refractivity contribution in [1.82, 2.24) is 19.1 Å². The van der Waals surface area contributed by atoms with E-state index in [0.717, 1.165) is 42.5 Å². The van der Waals surface area contributed by atoms with Crippen molar-refractivity contribution in [2.45, 2.75) is 12.6 Å². The second kappa shape index (κ2) is 8.56. The summed E-state index contributed by atoms with van der Waals surface area (Å²) in [4.78, 5) is 36.5. The zero-order chi connectivity index (χ0) is 22.9. The molecule has 3 aromatic heterocycles. The number of aryl methyl sites for hydroxylation is 1. The normalized spacial score (nSPS) is 13.8. The number of nitriles is 1. The number of fused-ring (bicyclic) bond motifs is 1. The minimum atomic E-state index is -0.369. The summed E-state index contributed by atoms with van der Waals surface area (Å²) in [5.41, 5.74) is 3.01. The van der Waals surface area contributed by atoms with Gasteiger partial charge >= 0.3 is 5.69 Å². The van der Waals surface area contributed by atoms with Crippen LogP contribution in [0.2, 0.25) is 12.6 Å². The number of carbonyl (C=O) groups excluding carboxylic acids is 1. The van der Waals surface area contributed by atoms with Gasteiger partial charge in [-0.3, -0.25) is 14.3 Å². The lowest BCUT2D eigenvalue weighted by atomic mass is 9.45. The lowest BCUT2D eigenvalue weighted by molar-refractivity contribution is 0.102. The zero-order valence-corrected chi connectivity index (χ0v) is 18.7. The summed E-state index contributed by atoms with van der Waals surface area (Å²) in [5, 5.41) is 14.1. The number of thiazole rings is 1. The highest BCUT2D eigenvalue weighted by Gasteiger charge is 2.25. The highest BCUT2D eigenvalue weighted by molar-refractivity contribution is 7.12. The fourth-order valence-corrected chi connectivity index (χ4v) is 4.95. The lowest BCUT2D eigenvalue weighted by Crippen LogP contribution is -2.37. The molecule has 1 aliphatic rings. The van der Waals surface area contributed by atoms with Gasteiger partial charge in [-0.2, -0.15) is 0 Å². The third-order valence-corrected chi connectivity index (χ3v) is 6.77. The molecule has 1 aromatic carbocycles. The van der Waals surface area contributed by atoms with Crippen LogP contribution in [0.5, 0.6) is 0 Å². The molecule has 11 heteroatoms. The van der Waals surface area contributed by atoms with Crippen molar-refractivity contribution < 1.29 is 4.79 Å². The predicted octanol–water partition coefficient (Wildman–Crippen LogP) is 2.81. The number of nitrogens with zero attached hydrogens (tertiary/aromatic N) is 6. The van der Waals surface area contributed by atoms with Crippen molar-refractivity contribution in [1.29, 1.82) is 5.26 Å². The zero-order valence-electron chi connectivity index (χ0n) is 17.9. The van der Waals surface area contributed by atoms with Gasteiger partial charge in [-0.05, 0) is 30.8 Å². The molecule has 4 heterocycles. The Bertz CT molecular complexity index is 1440. The molecule has 0 unspecified atom stereocenters. The highest BCUT2D eigenvalue weighted by Crippen LogP contribution is 2.28. The van der Waals surface area contributed by atoms with Gasteiger partial charge in [-0.15, -0.1) is 11.3 Å². The largest absolute Gasteiger partial charge is 0.371 e. The number of pyridine rings is 1. The molecule has 1 N–H and O–H groups in total. The number of amides is 1. The van der Waals surface area contributed by atoms with E-state index in [1.165, 1.54) is 15.9 Å².